The molecule has 0 saturated carbocycles. The van der Waals surface area contributed by atoms with Gasteiger partial charge in [-0.05, 0) is 6.07 Å². The van der Waals surface area contributed by atoms with Gasteiger partial charge in [0.25, 0.3) is 0 Å². The SMILES string of the molecule is O=C(O)C(F)c1cccc2c1OCCO2. The van der Waals surface area contributed by atoms with Crippen molar-refractivity contribution in [3.05, 3.63) is 23.8 Å². The monoisotopic (exact) mass is 212 g/mol. The highest BCUT2D eigenvalue weighted by molar-refractivity contribution is 5.76. The number of carboxylic acids is 1. The number of benzene rings is 1. The normalized spacial score (nSPS) is 15.8. The van der Waals surface area contributed by atoms with Gasteiger partial charge in [0, 0.05) is 5.56 Å². The third-order valence-electron chi connectivity index (χ3n) is 2.09. The highest BCUT2D eigenvalue weighted by Crippen LogP contribution is 2.38. The summed E-state index contributed by atoms with van der Waals surface area (Å²) >= 11 is 0. The van der Waals surface area contributed by atoms with Crippen LogP contribution in [0.5, 0.6) is 11.5 Å². The Balaban J connectivity index is 2.43. The maximum atomic E-state index is 13.3. The second-order valence-corrected chi connectivity index (χ2v) is 3.07. The average Bonchev–Trinajstić information content (AvgIpc) is 2.27. The summed E-state index contributed by atoms with van der Waals surface area (Å²) in [5, 5.41) is 8.57. The summed E-state index contributed by atoms with van der Waals surface area (Å²) in [5.74, 6) is -0.945. The summed E-state index contributed by atoms with van der Waals surface area (Å²) < 4.78 is 23.7. The summed E-state index contributed by atoms with van der Waals surface area (Å²) in [6, 6.07) is 4.54. The van der Waals surface area contributed by atoms with E-state index in [1.54, 1.807) is 12.1 Å². The van der Waals surface area contributed by atoms with Crippen molar-refractivity contribution in [3.63, 3.8) is 0 Å². The molecule has 1 aliphatic heterocycles. The largest absolute Gasteiger partial charge is 0.486 e. The van der Waals surface area contributed by atoms with E-state index in [2.05, 4.69) is 0 Å². The Labute approximate surface area is 85.2 Å². The van der Waals surface area contributed by atoms with Crippen molar-refractivity contribution in [3.8, 4) is 11.5 Å². The Morgan fingerprint density at radius 1 is 1.40 bits per heavy atom. The molecule has 0 fully saturated rings. The highest BCUT2D eigenvalue weighted by Gasteiger charge is 2.26. The Morgan fingerprint density at radius 2 is 2.13 bits per heavy atom. The van der Waals surface area contributed by atoms with Crippen LogP contribution in [0.1, 0.15) is 11.7 Å². The summed E-state index contributed by atoms with van der Waals surface area (Å²) in [6.45, 7) is 0.691. The minimum Gasteiger partial charge on any atom is -0.486 e. The smallest absolute Gasteiger partial charge is 0.343 e. The van der Waals surface area contributed by atoms with Crippen LogP contribution in [0, 0.1) is 0 Å². The average molecular weight is 212 g/mol. The number of carbonyl (C=O) groups is 1. The number of halogens is 1. The number of ether oxygens (including phenoxy) is 2. The van der Waals surface area contributed by atoms with E-state index in [-0.39, 0.29) is 11.3 Å². The zero-order chi connectivity index (χ0) is 10.8. The molecule has 0 aliphatic carbocycles. The highest BCUT2D eigenvalue weighted by atomic mass is 19.1. The number of hydrogen-bond acceptors (Lipinski definition) is 3. The fourth-order valence-corrected chi connectivity index (χ4v) is 1.43. The molecule has 0 spiro atoms. The number of aliphatic carboxylic acids is 1. The molecule has 0 saturated heterocycles. The first-order chi connectivity index (χ1) is 7.20. The maximum Gasteiger partial charge on any atom is 0.343 e. The van der Waals surface area contributed by atoms with Gasteiger partial charge in [-0.2, -0.15) is 0 Å². The maximum absolute atomic E-state index is 13.3. The van der Waals surface area contributed by atoms with Crippen LogP contribution < -0.4 is 9.47 Å². The molecule has 1 aromatic rings. The Kier molecular flexibility index (Phi) is 2.45. The first-order valence-electron chi connectivity index (χ1n) is 4.45. The van der Waals surface area contributed by atoms with Crippen LogP contribution in [0.25, 0.3) is 0 Å². The number of carboxylic acid groups (broad SMARTS) is 1. The minimum atomic E-state index is -2.08. The van der Waals surface area contributed by atoms with Gasteiger partial charge >= 0.3 is 5.97 Å². The second kappa shape index (κ2) is 3.76. The summed E-state index contributed by atoms with van der Waals surface area (Å²) in [5.41, 5.74) is -0.000278. The van der Waals surface area contributed by atoms with Crippen molar-refractivity contribution < 1.29 is 23.8 Å². The molecule has 0 amide bonds. The first-order valence-corrected chi connectivity index (χ1v) is 4.45. The van der Waals surface area contributed by atoms with Crippen LogP contribution in [0.3, 0.4) is 0 Å². The van der Waals surface area contributed by atoms with E-state index in [4.69, 9.17) is 14.6 Å². The van der Waals surface area contributed by atoms with Crippen molar-refractivity contribution in [1.29, 1.82) is 0 Å². The minimum absolute atomic E-state index is 0.000278. The van der Waals surface area contributed by atoms with Gasteiger partial charge in [0.15, 0.2) is 11.5 Å². The number of hydrogen-bond donors (Lipinski definition) is 1. The molecule has 1 heterocycles. The topological polar surface area (TPSA) is 55.8 Å². The molecule has 0 bridgehead atoms. The van der Waals surface area contributed by atoms with Gasteiger partial charge in [0.05, 0.1) is 0 Å². The molecular weight excluding hydrogens is 203 g/mol. The lowest BCUT2D eigenvalue weighted by molar-refractivity contribution is -0.143. The summed E-state index contributed by atoms with van der Waals surface area (Å²) in [6.07, 6.45) is -2.08. The van der Waals surface area contributed by atoms with E-state index in [0.29, 0.717) is 19.0 Å². The van der Waals surface area contributed by atoms with Crippen molar-refractivity contribution in [2.75, 3.05) is 13.2 Å². The van der Waals surface area contributed by atoms with Crippen molar-refractivity contribution in [1.82, 2.24) is 0 Å². The number of alkyl halides is 1. The summed E-state index contributed by atoms with van der Waals surface area (Å²) in [4.78, 5) is 10.5. The zero-order valence-corrected chi connectivity index (χ0v) is 7.77. The molecule has 15 heavy (non-hydrogen) atoms. The van der Waals surface area contributed by atoms with E-state index < -0.39 is 12.1 Å². The van der Waals surface area contributed by atoms with Crippen LogP contribution in [-0.4, -0.2) is 24.3 Å². The van der Waals surface area contributed by atoms with Gasteiger partial charge in [-0.15, -0.1) is 0 Å². The Bertz CT molecular complexity index is 391. The van der Waals surface area contributed by atoms with Crippen LogP contribution in [0.2, 0.25) is 0 Å². The van der Waals surface area contributed by atoms with Gasteiger partial charge in [0.1, 0.15) is 13.2 Å². The fourth-order valence-electron chi connectivity index (χ4n) is 1.43. The van der Waals surface area contributed by atoms with Crippen molar-refractivity contribution >= 4 is 5.97 Å². The van der Waals surface area contributed by atoms with E-state index in [1.807, 2.05) is 0 Å². The Morgan fingerprint density at radius 3 is 2.87 bits per heavy atom. The molecule has 5 heteroatoms. The summed E-state index contributed by atoms with van der Waals surface area (Å²) in [7, 11) is 0. The third kappa shape index (κ3) is 1.72. The number of rotatable bonds is 2. The lowest BCUT2D eigenvalue weighted by Crippen LogP contribution is -2.18. The third-order valence-corrected chi connectivity index (χ3v) is 2.09. The van der Waals surface area contributed by atoms with Crippen molar-refractivity contribution in [2.24, 2.45) is 0 Å². The van der Waals surface area contributed by atoms with E-state index in [1.165, 1.54) is 6.07 Å². The Hall–Kier alpha value is -1.78. The van der Waals surface area contributed by atoms with Crippen LogP contribution >= 0.6 is 0 Å². The van der Waals surface area contributed by atoms with Gasteiger partial charge in [-0.25, -0.2) is 9.18 Å². The van der Waals surface area contributed by atoms with Crippen LogP contribution in [0.15, 0.2) is 18.2 Å². The van der Waals surface area contributed by atoms with Gasteiger partial charge in [0.2, 0.25) is 6.17 Å². The molecule has 80 valence electrons. The lowest BCUT2D eigenvalue weighted by Gasteiger charge is -2.21. The molecule has 1 atom stereocenters. The van der Waals surface area contributed by atoms with Crippen LogP contribution in [-0.2, 0) is 4.79 Å². The number of fused-ring (bicyclic) bond motifs is 1. The lowest BCUT2D eigenvalue weighted by atomic mass is 10.1. The van der Waals surface area contributed by atoms with E-state index in [9.17, 15) is 9.18 Å². The molecule has 1 aromatic carbocycles. The molecular formula is C10H9FO4. The standard InChI is InChI=1S/C10H9FO4/c11-8(10(12)13)6-2-1-3-7-9(6)15-5-4-14-7/h1-3,8H,4-5H2,(H,12,13). The predicted octanol–water partition coefficient (Wildman–Crippen LogP) is 1.55. The number of para-hydroxylation sites is 1. The van der Waals surface area contributed by atoms with Crippen LogP contribution in [0.4, 0.5) is 4.39 Å². The molecule has 2 rings (SSSR count). The first kappa shape index (κ1) is 9.76. The van der Waals surface area contributed by atoms with E-state index in [0.717, 1.165) is 0 Å². The van der Waals surface area contributed by atoms with Gasteiger partial charge < -0.3 is 14.6 Å². The van der Waals surface area contributed by atoms with E-state index >= 15 is 0 Å². The predicted molar refractivity (Wildman–Crippen MR) is 48.9 cm³/mol. The zero-order valence-electron chi connectivity index (χ0n) is 7.77. The van der Waals surface area contributed by atoms with Gasteiger partial charge in [-0.3, -0.25) is 0 Å². The molecule has 4 nitrogen and oxygen atoms in total. The fraction of sp³-hybridized carbons (Fsp3) is 0.300. The molecule has 1 unspecified atom stereocenters. The quantitative estimate of drug-likeness (QED) is 0.808. The second-order valence-electron chi connectivity index (χ2n) is 3.07. The van der Waals surface area contributed by atoms with Gasteiger partial charge in [-0.1, -0.05) is 12.1 Å². The molecule has 1 N–H and O–H groups in total. The molecule has 0 aromatic heterocycles. The molecule has 1 aliphatic rings. The van der Waals surface area contributed by atoms with Crippen molar-refractivity contribution in [2.45, 2.75) is 6.17 Å². The molecule has 0 radical (unpaired) electrons.